The van der Waals surface area contributed by atoms with Crippen LogP contribution in [0.15, 0.2) is 65.7 Å². The van der Waals surface area contributed by atoms with Crippen LogP contribution < -0.4 is 14.8 Å². The first kappa shape index (κ1) is 28.7. The Balaban J connectivity index is 1.65. The summed E-state index contributed by atoms with van der Waals surface area (Å²) in [6.45, 7) is 5.14. The van der Waals surface area contributed by atoms with Crippen molar-refractivity contribution in [1.82, 2.24) is 9.97 Å². The van der Waals surface area contributed by atoms with Crippen LogP contribution in [0.3, 0.4) is 0 Å². The van der Waals surface area contributed by atoms with Gasteiger partial charge in [0.15, 0.2) is 5.82 Å². The lowest BCUT2D eigenvalue weighted by Gasteiger charge is -2.16. The molecule has 1 aromatic heterocycles. The maximum Gasteiger partial charge on any atom is 0.573 e. The number of hydrogen-bond donors (Lipinski definition) is 2. The van der Waals surface area contributed by atoms with Crippen LogP contribution in [0.4, 0.5) is 33.6 Å². The zero-order valence-electron chi connectivity index (χ0n) is 21.1. The summed E-state index contributed by atoms with van der Waals surface area (Å²) in [6.07, 6.45) is -3.71. The van der Waals surface area contributed by atoms with E-state index in [2.05, 4.69) is 20.0 Å². The molecule has 0 fully saturated rings. The van der Waals surface area contributed by atoms with Crippen molar-refractivity contribution in [3.8, 4) is 16.9 Å². The first-order valence-corrected chi connectivity index (χ1v) is 13.0. The number of nitrogens with one attached hydrogen (secondary N) is 2. The number of alkyl halides is 3. The van der Waals surface area contributed by atoms with Crippen LogP contribution in [-0.2, 0) is 14.8 Å². The van der Waals surface area contributed by atoms with Crippen LogP contribution in [0.25, 0.3) is 22.0 Å². The predicted octanol–water partition coefficient (Wildman–Crippen LogP) is 6.26. The minimum absolute atomic E-state index is 0.0270. The molecule has 0 unspecified atom stereocenters. The predicted molar refractivity (Wildman–Crippen MR) is 137 cm³/mol. The number of fused-ring (bicyclic) bond motifs is 1. The van der Waals surface area contributed by atoms with E-state index in [9.17, 15) is 30.8 Å². The largest absolute Gasteiger partial charge is 0.573 e. The first-order valence-electron chi connectivity index (χ1n) is 11.5. The van der Waals surface area contributed by atoms with E-state index in [1.165, 1.54) is 24.4 Å². The van der Waals surface area contributed by atoms with Crippen molar-refractivity contribution in [2.75, 3.05) is 10.0 Å². The third-order valence-corrected chi connectivity index (χ3v) is 6.82. The number of benzene rings is 3. The van der Waals surface area contributed by atoms with Crippen LogP contribution in [-0.4, -0.2) is 30.7 Å². The summed E-state index contributed by atoms with van der Waals surface area (Å²) in [5.74, 6) is -3.34. The van der Waals surface area contributed by atoms with Gasteiger partial charge in [0.05, 0.1) is 21.7 Å². The number of ether oxygens (including phenoxy) is 1. The Bertz CT molecular complexity index is 1720. The van der Waals surface area contributed by atoms with Crippen LogP contribution in [0.2, 0.25) is 0 Å². The zero-order valence-corrected chi connectivity index (χ0v) is 21.9. The van der Waals surface area contributed by atoms with Gasteiger partial charge < -0.3 is 4.74 Å². The maximum atomic E-state index is 15.5. The summed E-state index contributed by atoms with van der Waals surface area (Å²) in [6, 6.07) is 9.36. The van der Waals surface area contributed by atoms with E-state index in [1.54, 1.807) is 20.8 Å². The van der Waals surface area contributed by atoms with Gasteiger partial charge >= 0.3 is 6.36 Å². The Morgan fingerprint density at radius 1 is 0.975 bits per heavy atom. The molecule has 210 valence electrons. The van der Waals surface area contributed by atoms with Crippen molar-refractivity contribution in [1.29, 1.82) is 0 Å². The Morgan fingerprint density at radius 2 is 1.70 bits per heavy atom. The van der Waals surface area contributed by atoms with E-state index in [0.717, 1.165) is 30.3 Å². The maximum absolute atomic E-state index is 15.5. The fraction of sp³-hybridized carbons (Fsp3) is 0.192. The molecule has 4 rings (SSSR count). The number of nitrogens with zero attached hydrogens (tertiary/aromatic N) is 2. The lowest BCUT2D eigenvalue weighted by Crippen LogP contribution is -2.28. The van der Waals surface area contributed by atoms with Crippen molar-refractivity contribution in [3.05, 3.63) is 72.4 Å². The lowest BCUT2D eigenvalue weighted by molar-refractivity contribution is -0.274. The molecular formula is C26H21F5N4O4S. The van der Waals surface area contributed by atoms with E-state index < -0.39 is 55.3 Å². The monoisotopic (exact) mass is 580 g/mol. The number of carbonyl (C=O) groups excluding carboxylic acids is 1. The SMILES string of the molecule is CC(C)(C)C(=O)Nc1ncc2cc(-c3c(F)ccc(NS(=O)(=O)c4cccc(OC(F)(F)F)c4)c3F)ccc2n1. The minimum Gasteiger partial charge on any atom is -0.406 e. The lowest BCUT2D eigenvalue weighted by atomic mass is 9.96. The number of amides is 1. The topological polar surface area (TPSA) is 110 Å². The summed E-state index contributed by atoms with van der Waals surface area (Å²) < 4.78 is 99.1. The third kappa shape index (κ3) is 6.45. The fourth-order valence-electron chi connectivity index (χ4n) is 3.48. The third-order valence-electron chi connectivity index (χ3n) is 5.46. The molecule has 0 saturated heterocycles. The summed E-state index contributed by atoms with van der Waals surface area (Å²) in [5.41, 5.74) is -1.51. The summed E-state index contributed by atoms with van der Waals surface area (Å²) in [5, 5.41) is 2.96. The van der Waals surface area contributed by atoms with Crippen molar-refractivity contribution in [2.24, 2.45) is 5.41 Å². The van der Waals surface area contributed by atoms with Crippen molar-refractivity contribution < 1.29 is 39.9 Å². The highest BCUT2D eigenvalue weighted by Gasteiger charge is 2.31. The Kier molecular flexibility index (Phi) is 7.41. The Labute approximate surface area is 225 Å². The molecule has 14 heteroatoms. The van der Waals surface area contributed by atoms with Gasteiger partial charge in [0, 0.05) is 23.1 Å². The van der Waals surface area contributed by atoms with E-state index in [-0.39, 0.29) is 17.4 Å². The smallest absolute Gasteiger partial charge is 0.406 e. The molecule has 0 saturated carbocycles. The molecule has 3 aromatic carbocycles. The quantitative estimate of drug-likeness (QED) is 0.261. The summed E-state index contributed by atoms with van der Waals surface area (Å²) >= 11 is 0. The molecule has 0 atom stereocenters. The molecule has 1 heterocycles. The number of rotatable bonds is 6. The zero-order chi connectivity index (χ0) is 29.5. The average Bonchev–Trinajstić information content (AvgIpc) is 2.84. The Morgan fingerprint density at radius 3 is 2.38 bits per heavy atom. The van der Waals surface area contributed by atoms with E-state index in [4.69, 9.17) is 0 Å². The molecule has 0 bridgehead atoms. The average molecular weight is 581 g/mol. The van der Waals surface area contributed by atoms with Gasteiger partial charge in [-0.05, 0) is 42.0 Å². The first-order chi connectivity index (χ1) is 18.5. The standard InChI is InChI=1S/C26H21F5N4O4S/c1-25(2,3)23(36)34-24-32-13-15-11-14(7-9-19(15)33-24)21-18(27)8-10-20(22(21)28)35-40(37,38)17-6-4-5-16(12-17)39-26(29,30)31/h4-13,35H,1-3H3,(H,32,33,34,36). The van der Waals surface area contributed by atoms with Gasteiger partial charge in [0.25, 0.3) is 10.0 Å². The van der Waals surface area contributed by atoms with E-state index in [0.29, 0.717) is 17.0 Å². The van der Waals surface area contributed by atoms with Gasteiger partial charge in [0.1, 0.15) is 11.6 Å². The normalized spacial score (nSPS) is 12.3. The van der Waals surface area contributed by atoms with Crippen molar-refractivity contribution in [2.45, 2.75) is 32.0 Å². The molecular weight excluding hydrogens is 559 g/mol. The molecule has 0 aliphatic heterocycles. The number of carbonyl (C=O) groups is 1. The highest BCUT2D eigenvalue weighted by molar-refractivity contribution is 7.92. The summed E-state index contributed by atoms with van der Waals surface area (Å²) in [7, 11) is -4.60. The van der Waals surface area contributed by atoms with Crippen molar-refractivity contribution in [3.63, 3.8) is 0 Å². The molecule has 8 nitrogen and oxygen atoms in total. The van der Waals surface area contributed by atoms with Gasteiger partial charge in [-0.15, -0.1) is 13.2 Å². The highest BCUT2D eigenvalue weighted by Crippen LogP contribution is 2.34. The van der Waals surface area contributed by atoms with Gasteiger partial charge in [-0.1, -0.05) is 32.9 Å². The van der Waals surface area contributed by atoms with Gasteiger partial charge in [-0.3, -0.25) is 14.8 Å². The molecule has 1 amide bonds. The molecule has 4 aromatic rings. The summed E-state index contributed by atoms with van der Waals surface area (Å²) in [4.78, 5) is 19.9. The number of hydrogen-bond acceptors (Lipinski definition) is 6. The van der Waals surface area contributed by atoms with Gasteiger partial charge in [-0.2, -0.15) is 0 Å². The second-order valence-electron chi connectivity index (χ2n) is 9.58. The molecule has 40 heavy (non-hydrogen) atoms. The number of aromatic nitrogens is 2. The van der Waals surface area contributed by atoms with E-state index in [1.807, 2.05) is 4.72 Å². The molecule has 0 spiro atoms. The molecule has 0 radical (unpaired) electrons. The second kappa shape index (κ2) is 10.3. The molecule has 0 aliphatic carbocycles. The molecule has 0 aliphatic rings. The van der Waals surface area contributed by atoms with Gasteiger partial charge in [-0.25, -0.2) is 27.2 Å². The number of anilines is 2. The van der Waals surface area contributed by atoms with Gasteiger partial charge in [0.2, 0.25) is 11.9 Å². The van der Waals surface area contributed by atoms with Crippen molar-refractivity contribution >= 4 is 38.5 Å². The highest BCUT2D eigenvalue weighted by atomic mass is 32.2. The Hall–Kier alpha value is -4.33. The number of sulfonamides is 1. The van der Waals surface area contributed by atoms with E-state index >= 15 is 4.39 Å². The van der Waals surface area contributed by atoms with Crippen LogP contribution in [0, 0.1) is 17.0 Å². The fourth-order valence-corrected chi connectivity index (χ4v) is 4.57. The second-order valence-corrected chi connectivity index (χ2v) is 11.3. The van der Waals surface area contributed by atoms with Crippen LogP contribution in [0.5, 0.6) is 5.75 Å². The minimum atomic E-state index is -5.05. The van der Waals surface area contributed by atoms with Crippen LogP contribution >= 0.6 is 0 Å². The number of halogens is 5. The molecule has 2 N–H and O–H groups in total. The van der Waals surface area contributed by atoms with Crippen LogP contribution in [0.1, 0.15) is 20.8 Å².